The van der Waals surface area contributed by atoms with Gasteiger partial charge in [0.1, 0.15) is 11.5 Å². The SMILES string of the molecule is Cn1c2c(c(=O)n(CCCO)c1=O)N(Cc1ccccc1)C(c1ccccc1F)=C=CC2. The van der Waals surface area contributed by atoms with Gasteiger partial charge in [0.05, 0.1) is 11.4 Å². The lowest BCUT2D eigenvalue weighted by Gasteiger charge is -2.28. The van der Waals surface area contributed by atoms with Crippen LogP contribution >= 0.6 is 0 Å². The number of aromatic nitrogens is 2. The molecule has 1 aliphatic rings. The van der Waals surface area contributed by atoms with E-state index < -0.39 is 17.1 Å². The number of rotatable bonds is 6. The highest BCUT2D eigenvalue weighted by Crippen LogP contribution is 2.31. The maximum absolute atomic E-state index is 14.8. The first-order valence-electron chi connectivity index (χ1n) is 10.5. The van der Waals surface area contributed by atoms with Crippen molar-refractivity contribution in [2.24, 2.45) is 7.05 Å². The zero-order valence-electron chi connectivity index (χ0n) is 17.8. The first kappa shape index (κ1) is 21.6. The molecule has 0 spiro atoms. The summed E-state index contributed by atoms with van der Waals surface area (Å²) in [6.45, 7) is 0.259. The number of allylic oxidation sites excluding steroid dienone is 1. The van der Waals surface area contributed by atoms with Gasteiger partial charge in [0, 0.05) is 38.7 Å². The Kier molecular flexibility index (Phi) is 6.21. The molecule has 0 saturated carbocycles. The highest BCUT2D eigenvalue weighted by atomic mass is 19.1. The highest BCUT2D eigenvalue weighted by molar-refractivity contribution is 5.81. The van der Waals surface area contributed by atoms with Gasteiger partial charge in [-0.25, -0.2) is 9.18 Å². The van der Waals surface area contributed by atoms with Crippen LogP contribution in [0.1, 0.15) is 23.2 Å². The van der Waals surface area contributed by atoms with E-state index in [-0.39, 0.29) is 19.6 Å². The maximum atomic E-state index is 14.8. The summed E-state index contributed by atoms with van der Waals surface area (Å²) in [7, 11) is 1.62. The minimum absolute atomic E-state index is 0.0979. The van der Waals surface area contributed by atoms with Gasteiger partial charge in [0.25, 0.3) is 5.56 Å². The van der Waals surface area contributed by atoms with Crippen LogP contribution in [0.3, 0.4) is 0 Å². The molecule has 0 saturated heterocycles. The Labute approximate surface area is 184 Å². The van der Waals surface area contributed by atoms with Crippen molar-refractivity contribution >= 4 is 11.4 Å². The van der Waals surface area contributed by atoms with Gasteiger partial charge < -0.3 is 10.0 Å². The minimum Gasteiger partial charge on any atom is -0.396 e. The molecular weight excluding hydrogens is 409 g/mol. The third kappa shape index (κ3) is 3.96. The summed E-state index contributed by atoms with van der Waals surface area (Å²) >= 11 is 0. The van der Waals surface area contributed by atoms with E-state index in [1.165, 1.54) is 10.6 Å². The molecule has 0 fully saturated rings. The van der Waals surface area contributed by atoms with Gasteiger partial charge in [0.15, 0.2) is 0 Å². The Balaban J connectivity index is 1.98. The standard InChI is InChI=1S/C25H24FN3O3/c1-27-22-14-7-13-21(19-11-5-6-12-20(19)26)29(17-18-9-3-2-4-10-18)23(22)24(31)28(25(27)32)15-8-16-30/h2-7,9-12,30H,8,14-17H2,1H3. The second-order valence-electron chi connectivity index (χ2n) is 7.62. The molecule has 4 rings (SSSR count). The molecule has 6 nitrogen and oxygen atoms in total. The molecule has 1 aromatic heterocycles. The van der Waals surface area contributed by atoms with Gasteiger partial charge in [-0.15, -0.1) is 0 Å². The third-order valence-corrected chi connectivity index (χ3v) is 5.57. The fourth-order valence-electron chi connectivity index (χ4n) is 3.96. The summed E-state index contributed by atoms with van der Waals surface area (Å²) in [5, 5.41) is 9.23. The zero-order valence-corrected chi connectivity index (χ0v) is 17.8. The molecule has 1 N–H and O–H groups in total. The van der Waals surface area contributed by atoms with E-state index in [9.17, 15) is 19.1 Å². The normalized spacial score (nSPS) is 13.0. The van der Waals surface area contributed by atoms with Gasteiger partial charge >= 0.3 is 5.69 Å². The Morgan fingerprint density at radius 3 is 2.50 bits per heavy atom. The van der Waals surface area contributed by atoms with Crippen LogP contribution in [0.15, 0.2) is 76.0 Å². The van der Waals surface area contributed by atoms with Crippen molar-refractivity contribution in [3.8, 4) is 0 Å². The van der Waals surface area contributed by atoms with Crippen LogP contribution in [0, 0.1) is 5.82 Å². The van der Waals surface area contributed by atoms with E-state index >= 15 is 0 Å². The smallest absolute Gasteiger partial charge is 0.331 e. The molecule has 0 bridgehead atoms. The van der Waals surface area contributed by atoms with Crippen LogP contribution in [0.25, 0.3) is 5.70 Å². The average Bonchev–Trinajstić information content (AvgIpc) is 2.99. The topological polar surface area (TPSA) is 67.5 Å². The second kappa shape index (κ2) is 9.22. The lowest BCUT2D eigenvalue weighted by molar-refractivity contribution is 0.277. The van der Waals surface area contributed by atoms with E-state index in [1.54, 1.807) is 36.2 Å². The predicted octanol–water partition coefficient (Wildman–Crippen LogP) is 2.83. The van der Waals surface area contributed by atoms with E-state index in [2.05, 4.69) is 5.73 Å². The first-order chi connectivity index (χ1) is 15.5. The van der Waals surface area contributed by atoms with E-state index in [0.29, 0.717) is 35.6 Å². The van der Waals surface area contributed by atoms with Crippen LogP contribution in [0.2, 0.25) is 0 Å². The fourth-order valence-corrected chi connectivity index (χ4v) is 3.96. The summed E-state index contributed by atoms with van der Waals surface area (Å²) < 4.78 is 17.4. The van der Waals surface area contributed by atoms with E-state index in [0.717, 1.165) is 10.1 Å². The third-order valence-electron chi connectivity index (χ3n) is 5.57. The molecule has 7 heteroatoms. The molecule has 0 aliphatic carbocycles. The van der Waals surface area contributed by atoms with Gasteiger partial charge in [0.2, 0.25) is 0 Å². The summed E-state index contributed by atoms with van der Waals surface area (Å²) in [4.78, 5) is 28.2. The number of anilines is 1. The summed E-state index contributed by atoms with van der Waals surface area (Å²) in [5.41, 5.74) is 4.79. The zero-order chi connectivity index (χ0) is 22.7. The number of halogens is 1. The van der Waals surface area contributed by atoms with Crippen LogP contribution in [0.4, 0.5) is 10.1 Å². The van der Waals surface area contributed by atoms with Gasteiger partial charge in [-0.3, -0.25) is 13.9 Å². The molecule has 2 heterocycles. The number of aliphatic hydroxyl groups is 1. The molecule has 1 aliphatic heterocycles. The molecule has 2 aromatic carbocycles. The Morgan fingerprint density at radius 2 is 1.78 bits per heavy atom. The molecule has 32 heavy (non-hydrogen) atoms. The lowest BCUT2D eigenvalue weighted by atomic mass is 10.1. The van der Waals surface area contributed by atoms with Crippen molar-refractivity contribution in [1.82, 2.24) is 9.13 Å². The quantitative estimate of drug-likeness (QED) is 0.607. The van der Waals surface area contributed by atoms with Gasteiger partial charge in [-0.2, -0.15) is 0 Å². The Bertz CT molecular complexity index is 1320. The summed E-state index contributed by atoms with van der Waals surface area (Å²) in [6.07, 6.45) is 2.31. The fraction of sp³-hybridized carbons (Fsp3) is 0.240. The number of benzene rings is 2. The average molecular weight is 433 g/mol. The van der Waals surface area contributed by atoms with Gasteiger partial charge in [-0.1, -0.05) is 48.2 Å². The van der Waals surface area contributed by atoms with Crippen LogP contribution < -0.4 is 16.1 Å². The van der Waals surface area contributed by atoms with Crippen molar-refractivity contribution < 1.29 is 9.50 Å². The largest absolute Gasteiger partial charge is 0.396 e. The monoisotopic (exact) mass is 433 g/mol. The molecule has 0 unspecified atom stereocenters. The first-order valence-corrected chi connectivity index (χ1v) is 10.5. The molecular formula is C25H24FN3O3. The van der Waals surface area contributed by atoms with Crippen molar-refractivity contribution in [1.29, 1.82) is 0 Å². The highest BCUT2D eigenvalue weighted by Gasteiger charge is 2.27. The number of hydrogen-bond donors (Lipinski definition) is 1. The van der Waals surface area contributed by atoms with E-state index in [4.69, 9.17) is 0 Å². The summed E-state index contributed by atoms with van der Waals surface area (Å²) in [5.74, 6) is -0.421. The molecule has 0 radical (unpaired) electrons. The maximum Gasteiger partial charge on any atom is 0.331 e. The summed E-state index contributed by atoms with van der Waals surface area (Å²) in [6, 6.07) is 15.9. The molecule has 0 amide bonds. The van der Waals surface area contributed by atoms with Crippen LogP contribution in [-0.4, -0.2) is 20.8 Å². The Morgan fingerprint density at radius 1 is 1.06 bits per heavy atom. The predicted molar refractivity (Wildman–Crippen MR) is 122 cm³/mol. The van der Waals surface area contributed by atoms with E-state index in [1.807, 2.05) is 30.3 Å². The van der Waals surface area contributed by atoms with Crippen molar-refractivity contribution in [2.45, 2.75) is 25.9 Å². The van der Waals surface area contributed by atoms with Crippen molar-refractivity contribution in [3.05, 3.63) is 110 Å². The molecule has 0 atom stereocenters. The molecule has 164 valence electrons. The molecule has 3 aromatic rings. The van der Waals surface area contributed by atoms with Crippen molar-refractivity contribution in [2.75, 3.05) is 11.5 Å². The second-order valence-corrected chi connectivity index (χ2v) is 7.62. The Hall–Kier alpha value is -3.67. The minimum atomic E-state index is -0.460. The van der Waals surface area contributed by atoms with Crippen LogP contribution in [0.5, 0.6) is 0 Å². The number of aliphatic hydroxyl groups excluding tert-OH is 1. The number of fused-ring (bicyclic) bond motifs is 1. The van der Waals surface area contributed by atoms with Crippen LogP contribution in [-0.2, 0) is 26.6 Å². The number of hydrogen-bond acceptors (Lipinski definition) is 4. The van der Waals surface area contributed by atoms with Gasteiger partial charge in [-0.05, 0) is 30.2 Å². The van der Waals surface area contributed by atoms with Crippen molar-refractivity contribution in [3.63, 3.8) is 0 Å². The number of nitrogens with zero attached hydrogens (tertiary/aromatic N) is 3. The lowest BCUT2D eigenvalue weighted by Crippen LogP contribution is -2.44.